The van der Waals surface area contributed by atoms with Crippen molar-refractivity contribution < 1.29 is 22.7 Å². The number of carbonyl (C=O) groups is 2. The number of ether oxygens (including phenoxy) is 1. The number of benzene rings is 1. The molecule has 1 N–H and O–H groups in total. The number of rotatable bonds is 9. The summed E-state index contributed by atoms with van der Waals surface area (Å²) in [7, 11) is -3.74. The fourth-order valence-electron chi connectivity index (χ4n) is 2.30. The predicted molar refractivity (Wildman–Crippen MR) is 107 cm³/mol. The van der Waals surface area contributed by atoms with E-state index in [2.05, 4.69) is 9.71 Å². The second kappa shape index (κ2) is 10.1. The van der Waals surface area contributed by atoms with E-state index in [1.807, 2.05) is 13.0 Å². The van der Waals surface area contributed by atoms with Crippen LogP contribution in [0.1, 0.15) is 36.3 Å². The van der Waals surface area contributed by atoms with Crippen molar-refractivity contribution in [3.05, 3.63) is 40.9 Å². The van der Waals surface area contributed by atoms with Crippen molar-refractivity contribution in [1.29, 1.82) is 5.26 Å². The normalized spacial score (nSPS) is 10.9. The van der Waals surface area contributed by atoms with Gasteiger partial charge in [-0.05, 0) is 31.2 Å². The summed E-state index contributed by atoms with van der Waals surface area (Å²) in [5.41, 5.74) is 0.703. The Balaban J connectivity index is 1.97. The first-order valence-electron chi connectivity index (χ1n) is 8.64. The predicted octanol–water partition coefficient (Wildman–Crippen LogP) is 2.06. The fraction of sp³-hybridized carbons (Fsp3) is 0.333. The summed E-state index contributed by atoms with van der Waals surface area (Å²) >= 11 is 1.28. The molecule has 0 aliphatic heterocycles. The van der Waals surface area contributed by atoms with Gasteiger partial charge in [0, 0.05) is 31.8 Å². The number of nitriles is 1. The van der Waals surface area contributed by atoms with Crippen LogP contribution in [-0.2, 0) is 26.2 Å². The summed E-state index contributed by atoms with van der Waals surface area (Å²) in [5.74, 6) is -0.748. The highest BCUT2D eigenvalue weighted by atomic mass is 32.2. The number of carbonyl (C=O) groups excluding carboxylic acids is 2. The molecule has 1 heterocycles. The van der Waals surface area contributed by atoms with Crippen LogP contribution in [0.2, 0.25) is 0 Å². The summed E-state index contributed by atoms with van der Waals surface area (Å²) in [4.78, 5) is 29.5. The Morgan fingerprint density at radius 1 is 1.31 bits per heavy atom. The van der Waals surface area contributed by atoms with Crippen LogP contribution in [0.25, 0.3) is 0 Å². The first-order valence-corrected chi connectivity index (χ1v) is 11.0. The third-order valence-electron chi connectivity index (χ3n) is 3.75. The monoisotopic (exact) mass is 436 g/mol. The molecule has 0 unspecified atom stereocenters. The van der Waals surface area contributed by atoms with Gasteiger partial charge in [0.25, 0.3) is 0 Å². The Labute approximate surface area is 173 Å². The van der Waals surface area contributed by atoms with E-state index in [4.69, 9.17) is 10.00 Å². The van der Waals surface area contributed by atoms with Crippen LogP contribution in [-0.4, -0.2) is 38.4 Å². The molecule has 0 bridgehead atoms. The second-order valence-corrected chi connectivity index (χ2v) is 8.39. The Bertz CT molecular complexity index is 1010. The summed E-state index contributed by atoms with van der Waals surface area (Å²) < 4.78 is 31.6. The second-order valence-electron chi connectivity index (χ2n) is 5.79. The highest BCUT2D eigenvalue weighted by molar-refractivity contribution is 7.89. The van der Waals surface area contributed by atoms with Gasteiger partial charge in [-0.1, -0.05) is 0 Å². The number of hydrogen-bond acceptors (Lipinski definition) is 8. The molecule has 0 aliphatic carbocycles. The lowest BCUT2D eigenvalue weighted by Crippen LogP contribution is -2.27. The molecule has 0 saturated heterocycles. The molecule has 1 aromatic carbocycles. The number of anilines is 1. The zero-order valence-electron chi connectivity index (χ0n) is 15.9. The molecule has 154 valence electrons. The molecule has 0 aliphatic rings. The van der Waals surface area contributed by atoms with Gasteiger partial charge in [-0.3, -0.25) is 9.69 Å². The molecule has 11 heteroatoms. The van der Waals surface area contributed by atoms with Gasteiger partial charge in [0.2, 0.25) is 15.9 Å². The highest BCUT2D eigenvalue weighted by Crippen LogP contribution is 2.21. The van der Waals surface area contributed by atoms with Gasteiger partial charge in [-0.2, -0.15) is 5.26 Å². The number of nitrogens with one attached hydrogen (secondary N) is 1. The van der Waals surface area contributed by atoms with Crippen LogP contribution in [0.4, 0.5) is 5.13 Å². The minimum absolute atomic E-state index is 0.0113. The Morgan fingerprint density at radius 3 is 2.59 bits per heavy atom. The highest BCUT2D eigenvalue weighted by Gasteiger charge is 2.16. The van der Waals surface area contributed by atoms with E-state index in [0.717, 1.165) is 0 Å². The molecule has 1 amide bonds. The molecule has 0 spiro atoms. The number of thiazole rings is 1. The first kappa shape index (κ1) is 22.5. The van der Waals surface area contributed by atoms with E-state index < -0.39 is 16.0 Å². The lowest BCUT2D eigenvalue weighted by molar-refractivity contribution is -0.116. The van der Waals surface area contributed by atoms with Crippen LogP contribution in [0.15, 0.2) is 34.5 Å². The first-order chi connectivity index (χ1) is 13.8. The summed E-state index contributed by atoms with van der Waals surface area (Å²) in [6, 6.07) is 7.13. The molecule has 29 heavy (non-hydrogen) atoms. The molecule has 0 atom stereocenters. The van der Waals surface area contributed by atoms with Gasteiger partial charge >= 0.3 is 5.97 Å². The maximum atomic E-state index is 12.2. The number of sulfonamides is 1. The van der Waals surface area contributed by atoms with Gasteiger partial charge in [0.15, 0.2) is 5.13 Å². The van der Waals surface area contributed by atoms with E-state index in [0.29, 0.717) is 17.4 Å². The fourth-order valence-corrected chi connectivity index (χ4v) is 4.25. The number of esters is 1. The molecule has 0 radical (unpaired) electrons. The molecular formula is C18H20N4O5S2. The maximum Gasteiger partial charge on any atom is 0.338 e. The Hall–Kier alpha value is -2.81. The number of nitrogens with zero attached hydrogens (tertiary/aromatic N) is 3. The summed E-state index contributed by atoms with van der Waals surface area (Å²) in [6.07, 6.45) is 0.0599. The van der Waals surface area contributed by atoms with E-state index in [1.54, 1.807) is 5.38 Å². The van der Waals surface area contributed by atoms with Gasteiger partial charge in [0.05, 0.1) is 22.2 Å². The van der Waals surface area contributed by atoms with Crippen molar-refractivity contribution in [2.45, 2.75) is 31.8 Å². The van der Waals surface area contributed by atoms with E-state index in [-0.39, 0.29) is 35.9 Å². The number of aromatic nitrogens is 1. The standard InChI is InChI=1S/C18H20N4O5S2/c1-3-22(13(2)23)18-21-15(12-28-18)11-27-17(24)14-5-7-16(8-6-14)29(25,26)20-10-4-9-19/h5-8,12,20H,3-4,10-11H2,1-2H3. The molecule has 2 aromatic rings. The molecule has 1 aromatic heterocycles. The SMILES string of the molecule is CCN(C(C)=O)c1nc(COC(=O)c2ccc(S(=O)(=O)NCCC#N)cc2)cs1. The topological polar surface area (TPSA) is 129 Å². The zero-order valence-corrected chi connectivity index (χ0v) is 17.5. The van der Waals surface area contributed by atoms with Gasteiger partial charge < -0.3 is 4.74 Å². The molecule has 9 nitrogen and oxygen atoms in total. The lowest BCUT2D eigenvalue weighted by atomic mass is 10.2. The van der Waals surface area contributed by atoms with Gasteiger partial charge in [0.1, 0.15) is 6.61 Å². The van der Waals surface area contributed by atoms with Gasteiger partial charge in [-0.25, -0.2) is 22.9 Å². The number of amides is 1. The van der Waals surface area contributed by atoms with Crippen LogP contribution in [0.3, 0.4) is 0 Å². The average molecular weight is 437 g/mol. The third-order valence-corrected chi connectivity index (χ3v) is 6.14. The third kappa shape index (κ3) is 6.08. The lowest BCUT2D eigenvalue weighted by Gasteiger charge is -2.14. The van der Waals surface area contributed by atoms with E-state index in [1.165, 1.54) is 47.4 Å². The Morgan fingerprint density at radius 2 is 2.00 bits per heavy atom. The van der Waals surface area contributed by atoms with Crippen molar-refractivity contribution in [3.63, 3.8) is 0 Å². The largest absolute Gasteiger partial charge is 0.456 e. The van der Waals surface area contributed by atoms with Crippen molar-refractivity contribution in [2.24, 2.45) is 0 Å². The smallest absolute Gasteiger partial charge is 0.338 e. The van der Waals surface area contributed by atoms with Crippen molar-refractivity contribution >= 4 is 38.4 Å². The zero-order chi connectivity index (χ0) is 21.4. The minimum Gasteiger partial charge on any atom is -0.456 e. The van der Waals surface area contributed by atoms with Crippen molar-refractivity contribution in [1.82, 2.24) is 9.71 Å². The van der Waals surface area contributed by atoms with Crippen LogP contribution < -0.4 is 9.62 Å². The minimum atomic E-state index is -3.74. The van der Waals surface area contributed by atoms with Crippen molar-refractivity contribution in [2.75, 3.05) is 18.0 Å². The van der Waals surface area contributed by atoms with Crippen molar-refractivity contribution in [3.8, 4) is 6.07 Å². The van der Waals surface area contributed by atoms with E-state index in [9.17, 15) is 18.0 Å². The van der Waals surface area contributed by atoms with Crippen LogP contribution in [0, 0.1) is 11.3 Å². The quantitative estimate of drug-likeness (QED) is 0.470. The molecule has 0 saturated carbocycles. The van der Waals surface area contributed by atoms with Crippen LogP contribution >= 0.6 is 11.3 Å². The van der Waals surface area contributed by atoms with E-state index >= 15 is 0 Å². The molecule has 0 fully saturated rings. The van der Waals surface area contributed by atoms with Gasteiger partial charge in [-0.15, -0.1) is 11.3 Å². The summed E-state index contributed by atoms with van der Waals surface area (Å²) in [6.45, 7) is 3.72. The van der Waals surface area contributed by atoms with Crippen LogP contribution in [0.5, 0.6) is 0 Å². The molecule has 2 rings (SSSR count). The average Bonchev–Trinajstić information content (AvgIpc) is 3.15. The number of hydrogen-bond donors (Lipinski definition) is 1. The summed E-state index contributed by atoms with van der Waals surface area (Å²) in [5, 5.41) is 10.7. The Kier molecular flexibility index (Phi) is 7.83. The molecular weight excluding hydrogens is 416 g/mol. The maximum absolute atomic E-state index is 12.2.